The number of carbonyl (C=O) groups is 1. The number of aromatic nitrogens is 2. The fourth-order valence-corrected chi connectivity index (χ4v) is 4.14. The summed E-state index contributed by atoms with van der Waals surface area (Å²) in [4.78, 5) is 19.6. The van der Waals surface area contributed by atoms with Crippen molar-refractivity contribution in [1.29, 1.82) is 0 Å². The average molecular weight is 478 g/mol. The minimum Gasteiger partial charge on any atom is -0.338 e. The number of hydrogen-bond acceptors (Lipinski definition) is 3. The highest BCUT2D eigenvalue weighted by molar-refractivity contribution is 7.08. The monoisotopic (exact) mass is 478 g/mol. The third kappa shape index (κ3) is 4.65. The predicted octanol–water partition coefficient (Wildman–Crippen LogP) is 7.62. The molecule has 0 fully saturated rings. The molecule has 5 rings (SSSR count). The van der Waals surface area contributed by atoms with E-state index in [1.54, 1.807) is 6.07 Å². The number of carbonyl (C=O) groups excluding carboxylic acids is 1. The van der Waals surface area contributed by atoms with Crippen molar-refractivity contribution in [3.63, 3.8) is 0 Å². The van der Waals surface area contributed by atoms with Gasteiger partial charge in [0.2, 0.25) is 0 Å². The molecule has 0 aliphatic carbocycles. The zero-order valence-corrected chi connectivity index (χ0v) is 18.3. The molecular formula is C25H17F3N4OS. The van der Waals surface area contributed by atoms with Crippen LogP contribution in [-0.2, 0) is 6.18 Å². The number of nitrogens with zero attached hydrogens (tertiary/aromatic N) is 1. The molecule has 170 valence electrons. The normalized spacial score (nSPS) is 11.5. The number of halogens is 3. The van der Waals surface area contributed by atoms with Crippen molar-refractivity contribution in [1.82, 2.24) is 9.97 Å². The Hall–Kier alpha value is -4.11. The Bertz CT molecular complexity index is 1460. The number of fused-ring (bicyclic) bond motifs is 1. The van der Waals surface area contributed by atoms with Gasteiger partial charge in [-0.25, -0.2) is 9.78 Å². The minimum atomic E-state index is -4.41. The van der Waals surface area contributed by atoms with Crippen LogP contribution in [0.15, 0.2) is 83.6 Å². The average Bonchev–Trinajstić information content (AvgIpc) is 3.48. The van der Waals surface area contributed by atoms with Crippen LogP contribution < -0.4 is 10.6 Å². The van der Waals surface area contributed by atoms with E-state index < -0.39 is 11.7 Å². The lowest BCUT2D eigenvalue weighted by Gasteiger charge is -2.09. The molecule has 34 heavy (non-hydrogen) atoms. The molecule has 0 bridgehead atoms. The van der Waals surface area contributed by atoms with E-state index in [1.807, 2.05) is 59.3 Å². The third-order valence-corrected chi connectivity index (χ3v) is 5.88. The van der Waals surface area contributed by atoms with Crippen LogP contribution in [0.5, 0.6) is 0 Å². The van der Waals surface area contributed by atoms with Crippen molar-refractivity contribution in [3.05, 3.63) is 89.1 Å². The number of hydrogen-bond donors (Lipinski definition) is 3. The van der Waals surface area contributed by atoms with E-state index in [1.165, 1.54) is 17.4 Å². The third-order valence-electron chi connectivity index (χ3n) is 5.20. The molecular weight excluding hydrogens is 461 g/mol. The van der Waals surface area contributed by atoms with Crippen LogP contribution in [0.4, 0.5) is 29.3 Å². The molecule has 0 atom stereocenters. The van der Waals surface area contributed by atoms with E-state index in [4.69, 9.17) is 0 Å². The fraction of sp³-hybridized carbons (Fsp3) is 0.0400. The lowest BCUT2D eigenvalue weighted by molar-refractivity contribution is -0.137. The van der Waals surface area contributed by atoms with Gasteiger partial charge in [0.1, 0.15) is 5.82 Å². The summed E-state index contributed by atoms with van der Waals surface area (Å²) in [6, 6.07) is 19.9. The molecule has 5 nitrogen and oxygen atoms in total. The van der Waals surface area contributed by atoms with Crippen LogP contribution in [0, 0.1) is 0 Å². The Morgan fingerprint density at radius 1 is 0.853 bits per heavy atom. The van der Waals surface area contributed by atoms with Gasteiger partial charge in [-0.2, -0.15) is 24.5 Å². The fourth-order valence-electron chi connectivity index (χ4n) is 3.55. The number of thiophene rings is 1. The molecule has 5 aromatic rings. The van der Waals surface area contributed by atoms with Gasteiger partial charge in [0.05, 0.1) is 22.3 Å². The maximum Gasteiger partial charge on any atom is 0.416 e. The molecule has 2 aromatic heterocycles. The van der Waals surface area contributed by atoms with E-state index in [-0.39, 0.29) is 6.03 Å². The summed E-state index contributed by atoms with van der Waals surface area (Å²) < 4.78 is 38.9. The molecule has 3 N–H and O–H groups in total. The lowest BCUT2D eigenvalue weighted by atomic mass is 10.0. The van der Waals surface area contributed by atoms with Gasteiger partial charge in [-0.05, 0) is 52.9 Å². The Morgan fingerprint density at radius 2 is 1.62 bits per heavy atom. The molecule has 0 radical (unpaired) electrons. The number of benzene rings is 3. The second-order valence-corrected chi connectivity index (χ2v) is 8.34. The molecule has 0 saturated carbocycles. The van der Waals surface area contributed by atoms with Gasteiger partial charge < -0.3 is 15.6 Å². The topological polar surface area (TPSA) is 69.8 Å². The first-order chi connectivity index (χ1) is 16.3. The van der Waals surface area contributed by atoms with Crippen LogP contribution in [0.2, 0.25) is 0 Å². The van der Waals surface area contributed by atoms with Crippen molar-refractivity contribution in [2.45, 2.75) is 6.18 Å². The maximum atomic E-state index is 13.0. The molecule has 2 amide bonds. The van der Waals surface area contributed by atoms with Gasteiger partial charge in [0.25, 0.3) is 0 Å². The maximum absolute atomic E-state index is 13.0. The van der Waals surface area contributed by atoms with Crippen LogP contribution in [0.25, 0.3) is 33.5 Å². The summed E-state index contributed by atoms with van der Waals surface area (Å²) >= 11 is 1.50. The number of rotatable bonds is 4. The molecule has 0 aliphatic rings. The van der Waals surface area contributed by atoms with Gasteiger partial charge in [-0.1, -0.05) is 36.4 Å². The second kappa shape index (κ2) is 8.68. The number of imidazole rings is 1. The number of urea groups is 1. The highest BCUT2D eigenvalue weighted by atomic mass is 32.1. The standard InChI is InChI=1S/C25H17F3N4OS/c26-25(27,28)18-8-9-21-22(13-18)32-23(31-21)16-6-4-15(5-7-16)17-2-1-3-19(12-17)29-24(33)30-20-10-11-34-14-20/h1-14H,(H,31,32)(H2,29,30,33). The highest BCUT2D eigenvalue weighted by Crippen LogP contribution is 2.32. The van der Waals surface area contributed by atoms with E-state index in [9.17, 15) is 18.0 Å². The van der Waals surface area contributed by atoms with Gasteiger partial charge in [0, 0.05) is 16.6 Å². The first-order valence-corrected chi connectivity index (χ1v) is 11.2. The predicted molar refractivity (Wildman–Crippen MR) is 129 cm³/mol. The second-order valence-electron chi connectivity index (χ2n) is 7.56. The zero-order chi connectivity index (χ0) is 23.7. The molecule has 2 heterocycles. The lowest BCUT2D eigenvalue weighted by Crippen LogP contribution is -2.18. The van der Waals surface area contributed by atoms with Gasteiger partial charge in [0.15, 0.2) is 0 Å². The van der Waals surface area contributed by atoms with E-state index in [0.29, 0.717) is 22.5 Å². The molecule has 3 aromatic carbocycles. The minimum absolute atomic E-state index is 0.327. The zero-order valence-electron chi connectivity index (χ0n) is 17.5. The van der Waals surface area contributed by atoms with Gasteiger partial charge in [-0.15, -0.1) is 0 Å². The molecule has 0 aliphatic heterocycles. The van der Waals surface area contributed by atoms with Crippen LogP contribution in [-0.4, -0.2) is 16.0 Å². The summed E-state index contributed by atoms with van der Waals surface area (Å²) in [5, 5.41) is 9.30. The Labute approximate surface area is 196 Å². The number of H-pyrrole nitrogens is 1. The number of nitrogens with one attached hydrogen (secondary N) is 3. The van der Waals surface area contributed by atoms with Crippen molar-refractivity contribution >= 4 is 39.8 Å². The largest absolute Gasteiger partial charge is 0.416 e. The highest BCUT2D eigenvalue weighted by Gasteiger charge is 2.30. The first kappa shape index (κ1) is 21.7. The van der Waals surface area contributed by atoms with Gasteiger partial charge in [-0.3, -0.25) is 0 Å². The Morgan fingerprint density at radius 3 is 2.35 bits per heavy atom. The van der Waals surface area contributed by atoms with Crippen molar-refractivity contribution in [3.8, 4) is 22.5 Å². The summed E-state index contributed by atoms with van der Waals surface area (Å²) in [6.07, 6.45) is -4.41. The van der Waals surface area contributed by atoms with Crippen molar-refractivity contribution in [2.24, 2.45) is 0 Å². The summed E-state index contributed by atoms with van der Waals surface area (Å²) in [5.74, 6) is 0.487. The molecule has 0 unspecified atom stereocenters. The van der Waals surface area contributed by atoms with Crippen LogP contribution in [0.1, 0.15) is 5.56 Å². The Balaban J connectivity index is 1.34. The number of alkyl halides is 3. The van der Waals surface area contributed by atoms with E-state index in [0.717, 1.165) is 34.5 Å². The summed E-state index contributed by atoms with van der Waals surface area (Å²) in [6.45, 7) is 0. The van der Waals surface area contributed by atoms with Crippen LogP contribution >= 0.6 is 11.3 Å². The smallest absolute Gasteiger partial charge is 0.338 e. The van der Waals surface area contributed by atoms with Crippen molar-refractivity contribution < 1.29 is 18.0 Å². The van der Waals surface area contributed by atoms with E-state index in [2.05, 4.69) is 20.6 Å². The SMILES string of the molecule is O=C(Nc1ccsc1)Nc1cccc(-c2ccc(-c3nc4ccc(C(F)(F)F)cc4[nH]3)cc2)c1. The first-order valence-electron chi connectivity index (χ1n) is 10.2. The molecule has 0 spiro atoms. The summed E-state index contributed by atoms with van der Waals surface area (Å²) in [5.41, 5.74) is 4.02. The van der Waals surface area contributed by atoms with Crippen LogP contribution in [0.3, 0.4) is 0 Å². The number of anilines is 2. The summed E-state index contributed by atoms with van der Waals surface area (Å²) in [7, 11) is 0. The Kier molecular flexibility index (Phi) is 5.54. The van der Waals surface area contributed by atoms with Gasteiger partial charge >= 0.3 is 12.2 Å². The van der Waals surface area contributed by atoms with Crippen molar-refractivity contribution in [2.75, 3.05) is 10.6 Å². The quantitative estimate of drug-likeness (QED) is 0.249. The molecule has 0 saturated heterocycles. The number of amides is 2. The number of aromatic amines is 1. The molecule has 9 heteroatoms. The van der Waals surface area contributed by atoms with E-state index >= 15 is 0 Å².